The van der Waals surface area contributed by atoms with E-state index in [-0.39, 0.29) is 5.78 Å². The third kappa shape index (κ3) is 1.69. The zero-order chi connectivity index (χ0) is 9.97. The molecule has 1 aromatic rings. The first-order chi connectivity index (χ1) is 6.81. The molecule has 0 unspecified atom stereocenters. The molecule has 0 aliphatic heterocycles. The number of hydrogen-bond donors (Lipinski definition) is 0. The van der Waals surface area contributed by atoms with Gasteiger partial charge in [-0.1, -0.05) is 13.0 Å². The molecule has 14 heavy (non-hydrogen) atoms. The first kappa shape index (κ1) is 9.38. The fourth-order valence-electron chi connectivity index (χ4n) is 1.92. The zero-order valence-corrected chi connectivity index (χ0v) is 8.55. The Morgan fingerprint density at radius 3 is 2.93 bits per heavy atom. The van der Waals surface area contributed by atoms with Crippen LogP contribution in [0.4, 0.5) is 0 Å². The first-order valence-electron chi connectivity index (χ1n) is 5.33. The highest BCUT2D eigenvalue weighted by Crippen LogP contribution is 2.19. The number of rotatable bonds is 2. The minimum absolute atomic E-state index is 0.151. The Labute approximate surface area is 84.4 Å². The summed E-state index contributed by atoms with van der Waals surface area (Å²) in [5.74, 6) is 0.151. The molecule has 0 saturated heterocycles. The Hall–Kier alpha value is -1.18. The predicted octanol–water partition coefficient (Wildman–Crippen LogP) is 2.55. The fraction of sp³-hybridized carbons (Fsp3) is 0.500. The highest BCUT2D eigenvalue weighted by atomic mass is 16.1. The SMILES string of the molecule is CCC(=O)c1ccc2c(n1)CCCC2. The van der Waals surface area contributed by atoms with Crippen LogP contribution < -0.4 is 0 Å². The van der Waals surface area contributed by atoms with Gasteiger partial charge < -0.3 is 0 Å². The van der Waals surface area contributed by atoms with Gasteiger partial charge in [-0.05, 0) is 37.3 Å². The molecule has 0 fully saturated rings. The normalized spacial score (nSPS) is 14.9. The van der Waals surface area contributed by atoms with E-state index in [4.69, 9.17) is 0 Å². The van der Waals surface area contributed by atoms with E-state index < -0.39 is 0 Å². The van der Waals surface area contributed by atoms with Crippen LogP contribution >= 0.6 is 0 Å². The summed E-state index contributed by atoms with van der Waals surface area (Å²) in [4.78, 5) is 15.9. The van der Waals surface area contributed by atoms with Gasteiger partial charge in [0.05, 0.1) is 0 Å². The van der Waals surface area contributed by atoms with Crippen molar-refractivity contribution in [1.82, 2.24) is 4.98 Å². The molecule has 0 spiro atoms. The third-order valence-electron chi connectivity index (χ3n) is 2.78. The number of fused-ring (bicyclic) bond motifs is 1. The maximum absolute atomic E-state index is 11.4. The Morgan fingerprint density at radius 1 is 1.36 bits per heavy atom. The van der Waals surface area contributed by atoms with E-state index in [0.717, 1.165) is 18.5 Å². The van der Waals surface area contributed by atoms with Gasteiger partial charge >= 0.3 is 0 Å². The van der Waals surface area contributed by atoms with Gasteiger partial charge in [0.15, 0.2) is 5.78 Å². The number of carbonyl (C=O) groups excluding carboxylic acids is 1. The van der Waals surface area contributed by atoms with Crippen LogP contribution in [0.25, 0.3) is 0 Å². The monoisotopic (exact) mass is 189 g/mol. The Bertz CT molecular complexity index is 357. The Kier molecular flexibility index (Phi) is 2.62. The van der Waals surface area contributed by atoms with E-state index in [1.807, 2.05) is 13.0 Å². The first-order valence-corrected chi connectivity index (χ1v) is 5.33. The van der Waals surface area contributed by atoms with Gasteiger partial charge in [0.25, 0.3) is 0 Å². The molecule has 0 bridgehead atoms. The van der Waals surface area contributed by atoms with Gasteiger partial charge in [-0.15, -0.1) is 0 Å². The highest BCUT2D eigenvalue weighted by molar-refractivity contribution is 5.94. The second kappa shape index (κ2) is 3.91. The summed E-state index contributed by atoms with van der Waals surface area (Å²) in [6, 6.07) is 3.94. The van der Waals surface area contributed by atoms with E-state index in [9.17, 15) is 4.79 Å². The maximum atomic E-state index is 11.4. The van der Waals surface area contributed by atoms with E-state index in [0.29, 0.717) is 12.1 Å². The van der Waals surface area contributed by atoms with Gasteiger partial charge in [0.1, 0.15) is 5.69 Å². The van der Waals surface area contributed by atoms with Crippen molar-refractivity contribution in [3.05, 3.63) is 29.1 Å². The summed E-state index contributed by atoms with van der Waals surface area (Å²) >= 11 is 0. The summed E-state index contributed by atoms with van der Waals surface area (Å²) in [6.07, 6.45) is 5.19. The van der Waals surface area contributed by atoms with Crippen LogP contribution in [0.15, 0.2) is 12.1 Å². The predicted molar refractivity (Wildman–Crippen MR) is 55.5 cm³/mol. The molecule has 0 saturated carbocycles. The second-order valence-corrected chi connectivity index (χ2v) is 3.79. The van der Waals surface area contributed by atoms with E-state index in [1.54, 1.807) is 0 Å². The van der Waals surface area contributed by atoms with Crippen LogP contribution in [0.5, 0.6) is 0 Å². The van der Waals surface area contributed by atoms with Crippen molar-refractivity contribution in [2.24, 2.45) is 0 Å². The Balaban J connectivity index is 2.33. The van der Waals surface area contributed by atoms with Gasteiger partial charge in [-0.3, -0.25) is 4.79 Å². The summed E-state index contributed by atoms with van der Waals surface area (Å²) in [5.41, 5.74) is 3.13. The quantitative estimate of drug-likeness (QED) is 0.669. The van der Waals surface area contributed by atoms with Crippen molar-refractivity contribution >= 4 is 5.78 Å². The molecule has 1 heterocycles. The van der Waals surface area contributed by atoms with Crippen LogP contribution in [0, 0.1) is 0 Å². The lowest BCUT2D eigenvalue weighted by molar-refractivity contribution is 0.0983. The number of carbonyl (C=O) groups is 1. The van der Waals surface area contributed by atoms with Crippen LogP contribution in [0.1, 0.15) is 47.9 Å². The van der Waals surface area contributed by atoms with Crippen LogP contribution in [-0.2, 0) is 12.8 Å². The van der Waals surface area contributed by atoms with E-state index >= 15 is 0 Å². The lowest BCUT2D eigenvalue weighted by Crippen LogP contribution is -2.09. The molecule has 74 valence electrons. The zero-order valence-electron chi connectivity index (χ0n) is 8.55. The van der Waals surface area contributed by atoms with Crippen molar-refractivity contribution < 1.29 is 4.79 Å². The third-order valence-corrected chi connectivity index (χ3v) is 2.78. The molecular formula is C12H15NO. The topological polar surface area (TPSA) is 30.0 Å². The Morgan fingerprint density at radius 2 is 2.14 bits per heavy atom. The summed E-state index contributed by atoms with van der Waals surface area (Å²) in [7, 11) is 0. The van der Waals surface area contributed by atoms with Crippen molar-refractivity contribution in [3.63, 3.8) is 0 Å². The number of hydrogen-bond acceptors (Lipinski definition) is 2. The smallest absolute Gasteiger partial charge is 0.180 e. The standard InChI is InChI=1S/C12H15NO/c1-2-12(14)11-8-7-9-5-3-4-6-10(9)13-11/h7-8H,2-6H2,1H3. The number of aryl methyl sites for hydroxylation is 2. The molecule has 1 aromatic heterocycles. The van der Waals surface area contributed by atoms with Crippen molar-refractivity contribution in [2.75, 3.05) is 0 Å². The molecule has 2 heteroatoms. The number of nitrogens with zero attached hydrogens (tertiary/aromatic N) is 1. The average Bonchev–Trinajstić information content (AvgIpc) is 2.27. The fourth-order valence-corrected chi connectivity index (χ4v) is 1.92. The minimum atomic E-state index is 0.151. The van der Waals surface area contributed by atoms with Crippen LogP contribution in [0.3, 0.4) is 0 Å². The number of Topliss-reactive ketones (excluding diaryl/α,β-unsaturated/α-hetero) is 1. The summed E-state index contributed by atoms with van der Waals surface area (Å²) in [6.45, 7) is 1.88. The molecule has 1 aliphatic rings. The molecule has 0 atom stereocenters. The molecular weight excluding hydrogens is 174 g/mol. The summed E-state index contributed by atoms with van der Waals surface area (Å²) < 4.78 is 0. The molecule has 2 nitrogen and oxygen atoms in total. The summed E-state index contributed by atoms with van der Waals surface area (Å²) in [5, 5.41) is 0. The van der Waals surface area contributed by atoms with Gasteiger partial charge in [0, 0.05) is 12.1 Å². The van der Waals surface area contributed by atoms with Gasteiger partial charge in [-0.25, -0.2) is 4.98 Å². The lowest BCUT2D eigenvalue weighted by atomic mass is 9.95. The van der Waals surface area contributed by atoms with Crippen LogP contribution in [-0.4, -0.2) is 10.8 Å². The van der Waals surface area contributed by atoms with E-state index in [1.165, 1.54) is 18.4 Å². The number of aromatic nitrogens is 1. The van der Waals surface area contributed by atoms with E-state index in [2.05, 4.69) is 11.1 Å². The maximum Gasteiger partial charge on any atom is 0.180 e. The van der Waals surface area contributed by atoms with Crippen molar-refractivity contribution in [2.45, 2.75) is 39.0 Å². The second-order valence-electron chi connectivity index (χ2n) is 3.79. The molecule has 1 aliphatic carbocycles. The molecule has 0 radical (unpaired) electrons. The van der Waals surface area contributed by atoms with Gasteiger partial charge in [-0.2, -0.15) is 0 Å². The molecule has 0 amide bonds. The van der Waals surface area contributed by atoms with Crippen LogP contribution in [0.2, 0.25) is 0 Å². The number of ketones is 1. The average molecular weight is 189 g/mol. The largest absolute Gasteiger partial charge is 0.292 e. The van der Waals surface area contributed by atoms with Crippen molar-refractivity contribution in [3.8, 4) is 0 Å². The number of pyridine rings is 1. The molecule has 0 aromatic carbocycles. The van der Waals surface area contributed by atoms with Crippen molar-refractivity contribution in [1.29, 1.82) is 0 Å². The molecule has 0 N–H and O–H groups in total. The highest BCUT2D eigenvalue weighted by Gasteiger charge is 2.13. The minimum Gasteiger partial charge on any atom is -0.292 e. The molecule has 2 rings (SSSR count). The lowest BCUT2D eigenvalue weighted by Gasteiger charge is -2.14. The van der Waals surface area contributed by atoms with Gasteiger partial charge in [0.2, 0.25) is 0 Å².